The van der Waals surface area contributed by atoms with E-state index in [1.165, 1.54) is 17.3 Å². The molecule has 28 heavy (non-hydrogen) atoms. The van der Waals surface area contributed by atoms with Gasteiger partial charge in [-0.05, 0) is 42.7 Å². The molecule has 7 heteroatoms. The van der Waals surface area contributed by atoms with Crippen molar-refractivity contribution in [3.05, 3.63) is 60.2 Å². The quantitative estimate of drug-likeness (QED) is 0.742. The number of methoxy groups -OCH3 is 1. The first-order chi connectivity index (χ1) is 13.6. The van der Waals surface area contributed by atoms with Crippen molar-refractivity contribution < 1.29 is 14.3 Å². The zero-order chi connectivity index (χ0) is 19.9. The molecule has 1 fully saturated rings. The van der Waals surface area contributed by atoms with Gasteiger partial charge in [-0.3, -0.25) is 14.5 Å². The number of benzene rings is 2. The minimum atomic E-state index is -0.508. The number of aliphatic imine (C=N–C) groups is 1. The number of carbonyl (C=O) groups is 2. The van der Waals surface area contributed by atoms with Gasteiger partial charge in [-0.15, -0.1) is 0 Å². The van der Waals surface area contributed by atoms with E-state index in [1.807, 2.05) is 42.5 Å². The van der Waals surface area contributed by atoms with Crippen LogP contribution in [-0.4, -0.2) is 40.8 Å². The summed E-state index contributed by atoms with van der Waals surface area (Å²) in [4.78, 5) is 30.4. The molecule has 0 unspecified atom stereocenters. The van der Waals surface area contributed by atoms with E-state index < -0.39 is 11.2 Å². The molecule has 0 aliphatic carbocycles. The van der Waals surface area contributed by atoms with Gasteiger partial charge >= 0.3 is 0 Å². The second-order valence-corrected chi connectivity index (χ2v) is 7.62. The standard InChI is InChI=1S/C21H23N3O3S/c1-27-17-11-9-16(10-12-17)23-21-24(20(26)18(28-21)14-19(22)25)13-5-8-15-6-3-2-4-7-15/h2-4,6-7,9-12,18H,5,8,13-14H2,1H3,(H2,22,25)/t18-/m1/s1. The number of primary amides is 1. The SMILES string of the molecule is COc1ccc(N=C2S[C@H](CC(N)=O)C(=O)N2CCCc2ccccc2)cc1. The van der Waals surface area contributed by atoms with E-state index in [1.54, 1.807) is 12.0 Å². The molecule has 1 atom stereocenters. The molecule has 0 spiro atoms. The van der Waals surface area contributed by atoms with Gasteiger partial charge in [-0.2, -0.15) is 0 Å². The molecule has 1 heterocycles. The third-order valence-corrected chi connectivity index (χ3v) is 5.57. The zero-order valence-electron chi connectivity index (χ0n) is 15.7. The first-order valence-electron chi connectivity index (χ1n) is 9.10. The van der Waals surface area contributed by atoms with Gasteiger partial charge in [0.25, 0.3) is 0 Å². The van der Waals surface area contributed by atoms with Crippen LogP contribution in [0.25, 0.3) is 0 Å². The second kappa shape index (κ2) is 9.41. The summed E-state index contributed by atoms with van der Waals surface area (Å²) in [5.41, 5.74) is 7.26. The normalized spacial score (nSPS) is 17.9. The summed E-state index contributed by atoms with van der Waals surface area (Å²) in [6.07, 6.45) is 1.69. The van der Waals surface area contributed by atoms with Crippen molar-refractivity contribution in [2.45, 2.75) is 24.5 Å². The van der Waals surface area contributed by atoms with E-state index in [2.05, 4.69) is 17.1 Å². The van der Waals surface area contributed by atoms with Gasteiger partial charge in [-0.1, -0.05) is 42.1 Å². The fourth-order valence-corrected chi connectivity index (χ4v) is 4.16. The minimum absolute atomic E-state index is 0.0142. The van der Waals surface area contributed by atoms with Crippen LogP contribution in [0.4, 0.5) is 5.69 Å². The summed E-state index contributed by atoms with van der Waals surface area (Å²) in [6.45, 7) is 0.547. The molecule has 0 bridgehead atoms. The molecule has 0 aromatic heterocycles. The molecular weight excluding hydrogens is 374 g/mol. The number of thioether (sulfide) groups is 1. The third-order valence-electron chi connectivity index (χ3n) is 4.39. The van der Waals surface area contributed by atoms with Crippen molar-refractivity contribution in [3.8, 4) is 5.75 Å². The van der Waals surface area contributed by atoms with Crippen LogP contribution in [-0.2, 0) is 16.0 Å². The van der Waals surface area contributed by atoms with Crippen LogP contribution in [0.15, 0.2) is 59.6 Å². The Labute approximate surface area is 168 Å². The highest BCUT2D eigenvalue weighted by Crippen LogP contribution is 2.32. The smallest absolute Gasteiger partial charge is 0.242 e. The topological polar surface area (TPSA) is 85.0 Å². The fraction of sp³-hybridized carbons (Fsp3) is 0.286. The van der Waals surface area contributed by atoms with Gasteiger partial charge in [0.2, 0.25) is 11.8 Å². The number of carbonyl (C=O) groups excluding carboxylic acids is 2. The molecule has 6 nitrogen and oxygen atoms in total. The third kappa shape index (κ3) is 5.13. The Morgan fingerprint density at radius 1 is 1.18 bits per heavy atom. The van der Waals surface area contributed by atoms with E-state index in [-0.39, 0.29) is 12.3 Å². The first-order valence-corrected chi connectivity index (χ1v) is 9.98. The van der Waals surface area contributed by atoms with E-state index in [0.717, 1.165) is 24.3 Å². The number of amides is 2. The average Bonchev–Trinajstić information content (AvgIpc) is 2.97. The minimum Gasteiger partial charge on any atom is -0.497 e. The summed E-state index contributed by atoms with van der Waals surface area (Å²) in [5, 5.41) is 0.0979. The average molecular weight is 398 g/mol. The van der Waals surface area contributed by atoms with Gasteiger partial charge < -0.3 is 10.5 Å². The molecule has 2 aromatic carbocycles. The second-order valence-electron chi connectivity index (χ2n) is 6.45. The molecule has 0 radical (unpaired) electrons. The van der Waals surface area contributed by atoms with Crippen LogP contribution >= 0.6 is 11.8 Å². The van der Waals surface area contributed by atoms with Crippen LogP contribution in [0.1, 0.15) is 18.4 Å². The molecule has 1 saturated heterocycles. The largest absolute Gasteiger partial charge is 0.497 e. The lowest BCUT2D eigenvalue weighted by atomic mass is 10.1. The van der Waals surface area contributed by atoms with Gasteiger partial charge in [0.15, 0.2) is 5.17 Å². The van der Waals surface area contributed by atoms with Crippen molar-refractivity contribution in [1.82, 2.24) is 4.90 Å². The Morgan fingerprint density at radius 3 is 2.54 bits per heavy atom. The molecule has 2 aromatic rings. The van der Waals surface area contributed by atoms with Gasteiger partial charge in [0, 0.05) is 13.0 Å². The molecule has 146 valence electrons. The van der Waals surface area contributed by atoms with Crippen LogP contribution in [0, 0.1) is 0 Å². The van der Waals surface area contributed by atoms with Crippen LogP contribution in [0.3, 0.4) is 0 Å². The number of nitrogens with zero attached hydrogens (tertiary/aromatic N) is 2. The van der Waals surface area contributed by atoms with Crippen LogP contribution in [0.2, 0.25) is 0 Å². The summed E-state index contributed by atoms with van der Waals surface area (Å²) < 4.78 is 5.16. The molecule has 3 rings (SSSR count). The lowest BCUT2D eigenvalue weighted by Gasteiger charge is -2.16. The van der Waals surface area contributed by atoms with Gasteiger partial charge in [0.05, 0.1) is 12.8 Å². The van der Waals surface area contributed by atoms with E-state index in [0.29, 0.717) is 11.7 Å². The highest BCUT2D eigenvalue weighted by molar-refractivity contribution is 8.15. The number of nitrogens with two attached hydrogens (primary N) is 1. The Bertz CT molecular complexity index is 853. The molecule has 2 amide bonds. The molecule has 1 aliphatic heterocycles. The van der Waals surface area contributed by atoms with Gasteiger partial charge in [0.1, 0.15) is 11.0 Å². The predicted molar refractivity (Wildman–Crippen MR) is 112 cm³/mol. The van der Waals surface area contributed by atoms with Crippen molar-refractivity contribution in [1.29, 1.82) is 0 Å². The van der Waals surface area contributed by atoms with E-state index in [9.17, 15) is 9.59 Å². The Morgan fingerprint density at radius 2 is 1.89 bits per heavy atom. The monoisotopic (exact) mass is 397 g/mol. The maximum atomic E-state index is 12.8. The number of hydrogen-bond acceptors (Lipinski definition) is 5. The van der Waals surface area contributed by atoms with Crippen molar-refractivity contribution >= 4 is 34.4 Å². The maximum Gasteiger partial charge on any atom is 0.242 e. The van der Waals surface area contributed by atoms with Crippen LogP contribution in [0.5, 0.6) is 5.75 Å². The lowest BCUT2D eigenvalue weighted by Crippen LogP contribution is -2.34. The summed E-state index contributed by atoms with van der Waals surface area (Å²) >= 11 is 1.30. The van der Waals surface area contributed by atoms with Crippen molar-refractivity contribution in [2.75, 3.05) is 13.7 Å². The van der Waals surface area contributed by atoms with E-state index in [4.69, 9.17) is 10.5 Å². The number of aryl methyl sites for hydroxylation is 1. The fourth-order valence-electron chi connectivity index (χ4n) is 2.97. The molecule has 1 aliphatic rings. The van der Waals surface area contributed by atoms with Gasteiger partial charge in [-0.25, -0.2) is 4.99 Å². The number of hydrogen-bond donors (Lipinski definition) is 1. The number of ether oxygens (including phenoxy) is 1. The summed E-state index contributed by atoms with van der Waals surface area (Å²) in [7, 11) is 1.61. The Kier molecular flexibility index (Phi) is 6.71. The Balaban J connectivity index is 1.74. The maximum absolute atomic E-state index is 12.8. The first kappa shape index (κ1) is 19.9. The zero-order valence-corrected chi connectivity index (χ0v) is 16.5. The van der Waals surface area contributed by atoms with E-state index >= 15 is 0 Å². The summed E-state index contributed by atoms with van der Waals surface area (Å²) in [5.74, 6) is 0.148. The Hall–Kier alpha value is -2.80. The number of rotatable bonds is 8. The lowest BCUT2D eigenvalue weighted by molar-refractivity contribution is -0.128. The van der Waals surface area contributed by atoms with Crippen molar-refractivity contribution in [3.63, 3.8) is 0 Å². The summed E-state index contributed by atoms with van der Waals surface area (Å²) in [6, 6.07) is 17.4. The highest BCUT2D eigenvalue weighted by Gasteiger charge is 2.38. The molecule has 2 N–H and O–H groups in total. The molecular formula is C21H23N3O3S. The van der Waals surface area contributed by atoms with Crippen molar-refractivity contribution in [2.24, 2.45) is 10.7 Å². The number of amidine groups is 1. The highest BCUT2D eigenvalue weighted by atomic mass is 32.2. The molecule has 0 saturated carbocycles. The van der Waals surface area contributed by atoms with Crippen LogP contribution < -0.4 is 10.5 Å². The predicted octanol–water partition coefficient (Wildman–Crippen LogP) is 3.13.